The van der Waals surface area contributed by atoms with Gasteiger partial charge in [0.05, 0.1) is 11.7 Å². The number of nitrogens with one attached hydrogen (secondary N) is 1. The SMILES string of the molecule is O=C(N[C@H]1CCCc2ccccc21)C1CCN(c2ccc(=O)n(-c3cccc(F)c3)n2)CC1. The zero-order chi connectivity index (χ0) is 22.8. The number of piperidine rings is 1. The van der Waals surface area contributed by atoms with E-state index in [0.29, 0.717) is 24.6 Å². The van der Waals surface area contributed by atoms with Crippen LogP contribution in [0.1, 0.15) is 42.9 Å². The Morgan fingerprint density at radius 2 is 1.82 bits per heavy atom. The van der Waals surface area contributed by atoms with Gasteiger partial charge in [0, 0.05) is 25.1 Å². The molecule has 1 aliphatic carbocycles. The Balaban J connectivity index is 1.24. The van der Waals surface area contributed by atoms with Crippen LogP contribution in [-0.2, 0) is 11.2 Å². The second-order valence-electron chi connectivity index (χ2n) is 8.83. The number of fused-ring (bicyclic) bond motifs is 1. The highest BCUT2D eigenvalue weighted by Gasteiger charge is 2.29. The van der Waals surface area contributed by atoms with Crippen LogP contribution in [0.3, 0.4) is 0 Å². The van der Waals surface area contributed by atoms with Crippen LogP contribution in [0, 0.1) is 11.7 Å². The second-order valence-corrected chi connectivity index (χ2v) is 8.83. The average molecular weight is 447 g/mol. The Kier molecular flexibility index (Phi) is 5.94. The normalized spacial score (nSPS) is 18.6. The van der Waals surface area contributed by atoms with E-state index < -0.39 is 5.82 Å². The van der Waals surface area contributed by atoms with Crippen LogP contribution < -0.4 is 15.8 Å². The summed E-state index contributed by atoms with van der Waals surface area (Å²) in [7, 11) is 0. The first-order valence-electron chi connectivity index (χ1n) is 11.6. The summed E-state index contributed by atoms with van der Waals surface area (Å²) in [6.07, 6.45) is 4.59. The summed E-state index contributed by atoms with van der Waals surface area (Å²) in [6.45, 7) is 1.35. The summed E-state index contributed by atoms with van der Waals surface area (Å²) >= 11 is 0. The van der Waals surface area contributed by atoms with Gasteiger partial charge in [-0.2, -0.15) is 4.68 Å². The van der Waals surface area contributed by atoms with Gasteiger partial charge in [0.25, 0.3) is 5.56 Å². The Bertz CT molecular complexity index is 1220. The van der Waals surface area contributed by atoms with E-state index in [1.54, 1.807) is 18.2 Å². The van der Waals surface area contributed by atoms with Crippen molar-refractivity contribution < 1.29 is 9.18 Å². The van der Waals surface area contributed by atoms with Crippen LogP contribution in [0.2, 0.25) is 0 Å². The van der Waals surface area contributed by atoms with Crippen molar-refractivity contribution in [2.45, 2.75) is 38.1 Å². The van der Waals surface area contributed by atoms with Crippen LogP contribution in [0.5, 0.6) is 0 Å². The van der Waals surface area contributed by atoms with E-state index in [4.69, 9.17) is 0 Å². The van der Waals surface area contributed by atoms with E-state index in [-0.39, 0.29) is 23.4 Å². The maximum Gasteiger partial charge on any atom is 0.271 e. The van der Waals surface area contributed by atoms with Gasteiger partial charge in [0.1, 0.15) is 11.6 Å². The summed E-state index contributed by atoms with van der Waals surface area (Å²) in [6, 6.07) is 17.5. The lowest BCUT2D eigenvalue weighted by Crippen LogP contribution is -2.42. The number of hydrogen-bond donors (Lipinski definition) is 1. The molecular weight excluding hydrogens is 419 g/mol. The molecule has 1 aliphatic heterocycles. The number of rotatable bonds is 4. The molecule has 0 saturated carbocycles. The van der Waals surface area contributed by atoms with Gasteiger partial charge >= 0.3 is 0 Å². The van der Waals surface area contributed by atoms with Crippen molar-refractivity contribution in [3.05, 3.63) is 88.0 Å². The van der Waals surface area contributed by atoms with Crippen molar-refractivity contribution in [1.29, 1.82) is 0 Å². The summed E-state index contributed by atoms with van der Waals surface area (Å²) in [4.78, 5) is 27.4. The monoisotopic (exact) mass is 446 g/mol. The minimum absolute atomic E-state index is 0.0375. The van der Waals surface area contributed by atoms with E-state index in [9.17, 15) is 14.0 Å². The molecule has 0 radical (unpaired) electrons. The van der Waals surface area contributed by atoms with Crippen LogP contribution in [0.15, 0.2) is 65.5 Å². The fourth-order valence-electron chi connectivity index (χ4n) is 4.93. The second kappa shape index (κ2) is 9.17. The highest BCUT2D eigenvalue weighted by Crippen LogP contribution is 2.30. The minimum atomic E-state index is -0.418. The lowest BCUT2D eigenvalue weighted by Gasteiger charge is -2.34. The molecule has 33 heavy (non-hydrogen) atoms. The van der Waals surface area contributed by atoms with Gasteiger partial charge in [0.2, 0.25) is 5.91 Å². The topological polar surface area (TPSA) is 67.2 Å². The summed E-state index contributed by atoms with van der Waals surface area (Å²) < 4.78 is 14.8. The predicted octanol–water partition coefficient (Wildman–Crippen LogP) is 3.78. The molecule has 2 aromatic carbocycles. The molecule has 6 nitrogen and oxygen atoms in total. The third-order valence-electron chi connectivity index (χ3n) is 6.71. The van der Waals surface area contributed by atoms with Crippen molar-refractivity contribution in [2.24, 2.45) is 5.92 Å². The summed E-state index contributed by atoms with van der Waals surface area (Å²) in [5.74, 6) is 0.316. The van der Waals surface area contributed by atoms with Gasteiger partial charge < -0.3 is 10.2 Å². The number of hydrogen-bond acceptors (Lipinski definition) is 4. The Morgan fingerprint density at radius 1 is 1.00 bits per heavy atom. The molecule has 2 heterocycles. The Hall–Kier alpha value is -3.48. The number of nitrogens with zero attached hydrogens (tertiary/aromatic N) is 3. The summed E-state index contributed by atoms with van der Waals surface area (Å²) in [5, 5.41) is 7.75. The molecular formula is C26H27FN4O2. The molecule has 0 unspecified atom stereocenters. The molecule has 1 amide bonds. The molecule has 1 saturated heterocycles. The number of amides is 1. The first-order valence-corrected chi connectivity index (χ1v) is 11.6. The zero-order valence-electron chi connectivity index (χ0n) is 18.4. The first kappa shape index (κ1) is 21.4. The number of aromatic nitrogens is 2. The zero-order valence-corrected chi connectivity index (χ0v) is 18.4. The van der Waals surface area contributed by atoms with Crippen molar-refractivity contribution >= 4 is 11.7 Å². The molecule has 5 rings (SSSR count). The van der Waals surface area contributed by atoms with Crippen LogP contribution in [0.4, 0.5) is 10.2 Å². The lowest BCUT2D eigenvalue weighted by molar-refractivity contribution is -0.126. The minimum Gasteiger partial charge on any atom is -0.355 e. The van der Waals surface area contributed by atoms with E-state index in [1.807, 2.05) is 6.07 Å². The number of halogens is 1. The maximum atomic E-state index is 13.6. The van der Waals surface area contributed by atoms with Gasteiger partial charge in [-0.3, -0.25) is 9.59 Å². The van der Waals surface area contributed by atoms with Crippen molar-refractivity contribution in [1.82, 2.24) is 15.1 Å². The Morgan fingerprint density at radius 3 is 2.64 bits per heavy atom. The van der Waals surface area contributed by atoms with Crippen molar-refractivity contribution in [3.8, 4) is 5.69 Å². The Labute approximate surface area is 192 Å². The van der Waals surface area contributed by atoms with Gasteiger partial charge in [0.15, 0.2) is 0 Å². The third kappa shape index (κ3) is 4.53. The summed E-state index contributed by atoms with van der Waals surface area (Å²) in [5.41, 5.74) is 2.66. The molecule has 1 fully saturated rings. The molecule has 170 valence electrons. The van der Waals surface area contributed by atoms with E-state index in [2.05, 4.69) is 33.5 Å². The maximum absolute atomic E-state index is 13.6. The highest BCUT2D eigenvalue weighted by atomic mass is 19.1. The largest absolute Gasteiger partial charge is 0.355 e. The number of benzene rings is 2. The van der Waals surface area contributed by atoms with E-state index >= 15 is 0 Å². The van der Waals surface area contributed by atoms with Gasteiger partial charge in [-0.15, -0.1) is 5.10 Å². The van der Waals surface area contributed by atoms with Gasteiger partial charge in [-0.25, -0.2) is 4.39 Å². The van der Waals surface area contributed by atoms with Crippen molar-refractivity contribution in [3.63, 3.8) is 0 Å². The lowest BCUT2D eigenvalue weighted by atomic mass is 9.87. The predicted molar refractivity (Wildman–Crippen MR) is 125 cm³/mol. The van der Waals surface area contributed by atoms with E-state index in [1.165, 1.54) is 34.0 Å². The molecule has 1 N–H and O–H groups in total. The van der Waals surface area contributed by atoms with Crippen LogP contribution >= 0.6 is 0 Å². The quantitative estimate of drug-likeness (QED) is 0.662. The molecule has 1 atom stereocenters. The fourth-order valence-corrected chi connectivity index (χ4v) is 4.93. The molecule has 0 spiro atoms. The molecule has 3 aromatic rings. The molecule has 2 aliphatic rings. The van der Waals surface area contributed by atoms with E-state index in [0.717, 1.165) is 32.1 Å². The van der Waals surface area contributed by atoms with Crippen LogP contribution in [0.25, 0.3) is 5.69 Å². The van der Waals surface area contributed by atoms with Gasteiger partial charge in [-0.1, -0.05) is 30.3 Å². The number of anilines is 1. The third-order valence-corrected chi connectivity index (χ3v) is 6.71. The number of carbonyl (C=O) groups excluding carboxylic acids is 1. The van der Waals surface area contributed by atoms with Crippen molar-refractivity contribution in [2.75, 3.05) is 18.0 Å². The highest BCUT2D eigenvalue weighted by molar-refractivity contribution is 5.79. The standard InChI is InChI=1S/C26H27FN4O2/c27-20-7-4-8-21(17-20)31-25(32)12-11-24(29-31)30-15-13-19(14-16-30)26(33)28-23-10-3-6-18-5-1-2-9-22(18)23/h1-2,4-5,7-9,11-12,17,19,23H,3,6,10,13-16H2,(H,28,33)/t23-/m0/s1. The smallest absolute Gasteiger partial charge is 0.271 e. The molecule has 0 bridgehead atoms. The molecule has 1 aromatic heterocycles. The number of carbonyl (C=O) groups is 1. The fraction of sp³-hybridized carbons (Fsp3) is 0.346. The first-order chi connectivity index (χ1) is 16.1. The number of aryl methyl sites for hydroxylation is 1. The van der Waals surface area contributed by atoms with Crippen LogP contribution in [-0.4, -0.2) is 28.8 Å². The average Bonchev–Trinajstić information content (AvgIpc) is 2.85. The van der Waals surface area contributed by atoms with Gasteiger partial charge in [-0.05, 0) is 67.5 Å². The molecule has 7 heteroatoms.